The number of ether oxygens (including phenoxy) is 2. The fourth-order valence-electron chi connectivity index (χ4n) is 2.46. The van der Waals surface area contributed by atoms with E-state index in [9.17, 15) is 9.59 Å². The van der Waals surface area contributed by atoms with Crippen LogP contribution in [0.5, 0.6) is 11.5 Å². The quantitative estimate of drug-likeness (QED) is 0.881. The standard InChI is InChI=1S/C17H17N3O4S/c1-23-11-5-6-14(24-2)12(8-11)19-15(21)9-20-13-4-3-7-18-17(13)25-10-16(20)22/h3-8H,9-10H2,1-2H3,(H,19,21). The van der Waals surface area contributed by atoms with Gasteiger partial charge in [-0.15, -0.1) is 0 Å². The smallest absolute Gasteiger partial charge is 0.244 e. The van der Waals surface area contributed by atoms with Crippen molar-refractivity contribution in [3.63, 3.8) is 0 Å². The van der Waals surface area contributed by atoms with Crippen molar-refractivity contribution in [2.24, 2.45) is 0 Å². The van der Waals surface area contributed by atoms with Crippen LogP contribution in [0.1, 0.15) is 0 Å². The summed E-state index contributed by atoms with van der Waals surface area (Å²) in [6, 6.07) is 8.64. The molecular weight excluding hydrogens is 342 g/mol. The second-order valence-corrected chi connectivity index (χ2v) is 6.17. The molecule has 0 spiro atoms. The Bertz CT molecular complexity index is 812. The number of methoxy groups -OCH3 is 2. The summed E-state index contributed by atoms with van der Waals surface area (Å²) in [6.45, 7) is -0.0988. The Morgan fingerprint density at radius 3 is 2.92 bits per heavy atom. The van der Waals surface area contributed by atoms with Crippen LogP contribution in [0.2, 0.25) is 0 Å². The van der Waals surface area contributed by atoms with E-state index in [1.807, 2.05) is 0 Å². The van der Waals surface area contributed by atoms with Crippen LogP contribution < -0.4 is 19.7 Å². The fourth-order valence-corrected chi connectivity index (χ4v) is 3.34. The van der Waals surface area contributed by atoms with Crippen molar-refractivity contribution in [2.75, 3.05) is 36.7 Å². The minimum absolute atomic E-state index is 0.0988. The van der Waals surface area contributed by atoms with Crippen LogP contribution in [0.4, 0.5) is 11.4 Å². The molecule has 1 aliphatic heterocycles. The molecule has 0 radical (unpaired) electrons. The average molecular weight is 359 g/mol. The van der Waals surface area contributed by atoms with Crippen LogP contribution in [0.3, 0.4) is 0 Å². The van der Waals surface area contributed by atoms with Gasteiger partial charge in [-0.25, -0.2) is 4.98 Å². The summed E-state index contributed by atoms with van der Waals surface area (Å²) >= 11 is 1.37. The molecular formula is C17H17N3O4S. The first kappa shape index (κ1) is 17.1. The van der Waals surface area contributed by atoms with Crippen molar-refractivity contribution in [2.45, 2.75) is 5.03 Å². The van der Waals surface area contributed by atoms with E-state index in [1.54, 1.807) is 43.6 Å². The number of carbonyl (C=O) groups excluding carboxylic acids is 2. The lowest BCUT2D eigenvalue weighted by Crippen LogP contribution is -2.41. The Morgan fingerprint density at radius 2 is 2.16 bits per heavy atom. The van der Waals surface area contributed by atoms with E-state index in [2.05, 4.69) is 10.3 Å². The van der Waals surface area contributed by atoms with Crippen molar-refractivity contribution in [1.29, 1.82) is 0 Å². The number of amides is 2. The molecule has 2 amide bonds. The largest absolute Gasteiger partial charge is 0.497 e. The van der Waals surface area contributed by atoms with Gasteiger partial charge in [0.1, 0.15) is 23.1 Å². The molecule has 7 nitrogen and oxygen atoms in total. The zero-order valence-corrected chi connectivity index (χ0v) is 14.6. The van der Waals surface area contributed by atoms with Gasteiger partial charge < -0.3 is 14.8 Å². The fraction of sp³-hybridized carbons (Fsp3) is 0.235. The Balaban J connectivity index is 1.78. The highest BCUT2D eigenvalue weighted by molar-refractivity contribution is 8.00. The molecule has 2 aromatic rings. The lowest BCUT2D eigenvalue weighted by molar-refractivity contribution is -0.120. The maximum absolute atomic E-state index is 12.5. The topological polar surface area (TPSA) is 80.8 Å². The van der Waals surface area contributed by atoms with Crippen LogP contribution in [-0.4, -0.2) is 43.3 Å². The third kappa shape index (κ3) is 3.69. The number of pyridine rings is 1. The van der Waals surface area contributed by atoms with E-state index in [4.69, 9.17) is 9.47 Å². The van der Waals surface area contributed by atoms with Gasteiger partial charge in [0, 0.05) is 12.3 Å². The number of aromatic nitrogens is 1. The monoisotopic (exact) mass is 359 g/mol. The maximum atomic E-state index is 12.5. The number of hydrogen-bond acceptors (Lipinski definition) is 6. The first-order valence-corrected chi connectivity index (χ1v) is 8.51. The predicted molar refractivity (Wildman–Crippen MR) is 95.5 cm³/mol. The maximum Gasteiger partial charge on any atom is 0.244 e. The summed E-state index contributed by atoms with van der Waals surface area (Å²) in [5, 5.41) is 3.51. The summed E-state index contributed by atoms with van der Waals surface area (Å²) in [4.78, 5) is 30.4. The number of carbonyl (C=O) groups is 2. The highest BCUT2D eigenvalue weighted by Gasteiger charge is 2.27. The minimum atomic E-state index is -0.332. The van der Waals surface area contributed by atoms with Crippen molar-refractivity contribution in [1.82, 2.24) is 4.98 Å². The number of nitrogens with zero attached hydrogens (tertiary/aromatic N) is 2. The highest BCUT2D eigenvalue weighted by atomic mass is 32.2. The van der Waals surface area contributed by atoms with Gasteiger partial charge in [0.05, 0.1) is 31.3 Å². The third-order valence-electron chi connectivity index (χ3n) is 3.66. The van der Waals surface area contributed by atoms with E-state index in [0.29, 0.717) is 22.9 Å². The number of rotatable bonds is 5. The molecule has 130 valence electrons. The molecule has 0 saturated carbocycles. The lowest BCUT2D eigenvalue weighted by Gasteiger charge is -2.27. The number of anilines is 2. The van der Waals surface area contributed by atoms with Crippen LogP contribution in [0, 0.1) is 0 Å². The Morgan fingerprint density at radius 1 is 1.32 bits per heavy atom. The molecule has 1 aromatic heterocycles. The third-order valence-corrected chi connectivity index (χ3v) is 4.64. The van der Waals surface area contributed by atoms with Gasteiger partial charge in [-0.1, -0.05) is 11.8 Å². The molecule has 0 fully saturated rings. The number of thioether (sulfide) groups is 1. The number of benzene rings is 1. The Labute approximate surface area is 149 Å². The molecule has 8 heteroatoms. The Kier molecular flexibility index (Phi) is 5.08. The van der Waals surface area contributed by atoms with Crippen LogP contribution >= 0.6 is 11.8 Å². The van der Waals surface area contributed by atoms with Gasteiger partial charge >= 0.3 is 0 Å². The Hall–Kier alpha value is -2.74. The van der Waals surface area contributed by atoms with Crippen molar-refractivity contribution in [3.8, 4) is 11.5 Å². The van der Waals surface area contributed by atoms with E-state index >= 15 is 0 Å². The van der Waals surface area contributed by atoms with Gasteiger partial charge in [0.25, 0.3) is 0 Å². The molecule has 0 atom stereocenters. The SMILES string of the molecule is COc1ccc(OC)c(NC(=O)CN2C(=O)CSc3ncccc32)c1. The molecule has 3 rings (SSSR count). The van der Waals surface area contributed by atoms with Gasteiger partial charge in [0.2, 0.25) is 11.8 Å². The predicted octanol–water partition coefficient (Wildman–Crippen LogP) is 2.18. The highest BCUT2D eigenvalue weighted by Crippen LogP contribution is 2.33. The summed E-state index contributed by atoms with van der Waals surface area (Å²) in [6.07, 6.45) is 1.67. The molecule has 0 saturated heterocycles. The van der Waals surface area contributed by atoms with E-state index in [1.165, 1.54) is 23.8 Å². The van der Waals surface area contributed by atoms with Crippen molar-refractivity contribution in [3.05, 3.63) is 36.5 Å². The first-order valence-electron chi connectivity index (χ1n) is 7.52. The second kappa shape index (κ2) is 7.43. The van der Waals surface area contributed by atoms with E-state index in [0.717, 1.165) is 5.03 Å². The molecule has 0 aliphatic carbocycles. The first-order chi connectivity index (χ1) is 12.1. The molecule has 0 unspecified atom stereocenters. The van der Waals surface area contributed by atoms with E-state index in [-0.39, 0.29) is 24.1 Å². The number of hydrogen-bond donors (Lipinski definition) is 1. The normalized spacial score (nSPS) is 13.2. The lowest BCUT2D eigenvalue weighted by atomic mass is 10.2. The van der Waals surface area contributed by atoms with Gasteiger partial charge in [-0.2, -0.15) is 0 Å². The molecule has 1 aliphatic rings. The zero-order chi connectivity index (χ0) is 17.8. The summed E-state index contributed by atoms with van der Waals surface area (Å²) in [5.41, 5.74) is 1.13. The van der Waals surface area contributed by atoms with Crippen molar-refractivity contribution >= 4 is 35.0 Å². The number of nitrogens with one attached hydrogen (secondary N) is 1. The molecule has 2 heterocycles. The number of fused-ring (bicyclic) bond motifs is 1. The second-order valence-electron chi connectivity index (χ2n) is 5.21. The zero-order valence-electron chi connectivity index (χ0n) is 13.8. The molecule has 1 N–H and O–H groups in total. The van der Waals surface area contributed by atoms with Crippen molar-refractivity contribution < 1.29 is 19.1 Å². The van der Waals surface area contributed by atoms with Gasteiger partial charge in [-0.3, -0.25) is 14.5 Å². The van der Waals surface area contributed by atoms with E-state index < -0.39 is 0 Å². The van der Waals surface area contributed by atoms with Crippen LogP contribution in [0.15, 0.2) is 41.6 Å². The summed E-state index contributed by atoms with van der Waals surface area (Å²) in [7, 11) is 3.06. The van der Waals surface area contributed by atoms with Gasteiger partial charge in [0.15, 0.2) is 0 Å². The van der Waals surface area contributed by atoms with Gasteiger partial charge in [-0.05, 0) is 24.3 Å². The summed E-state index contributed by atoms with van der Waals surface area (Å²) in [5.74, 6) is 0.910. The molecule has 0 bridgehead atoms. The van der Waals surface area contributed by atoms with Crippen LogP contribution in [0.25, 0.3) is 0 Å². The molecule has 1 aromatic carbocycles. The molecule has 25 heavy (non-hydrogen) atoms. The summed E-state index contributed by atoms with van der Waals surface area (Å²) < 4.78 is 10.4. The minimum Gasteiger partial charge on any atom is -0.497 e. The average Bonchev–Trinajstić information content (AvgIpc) is 2.64. The van der Waals surface area contributed by atoms with Crippen LogP contribution in [-0.2, 0) is 9.59 Å².